The fourth-order valence-electron chi connectivity index (χ4n) is 2.52. The lowest BCUT2D eigenvalue weighted by Gasteiger charge is -2.06. The summed E-state index contributed by atoms with van der Waals surface area (Å²) in [6.45, 7) is 0. The average Bonchev–Trinajstić information content (AvgIpc) is 3.10. The molecular weight excluding hydrogens is 354 g/mol. The van der Waals surface area contributed by atoms with Crippen LogP contribution in [0.25, 0.3) is 22.4 Å². The summed E-state index contributed by atoms with van der Waals surface area (Å²) in [6, 6.07) is 12.1. The van der Waals surface area contributed by atoms with Gasteiger partial charge in [0.05, 0.1) is 17.4 Å². The number of halogens is 1. The van der Waals surface area contributed by atoms with E-state index in [9.17, 15) is 9.59 Å². The molecule has 0 aliphatic heterocycles. The Bertz CT molecular complexity index is 1160. The summed E-state index contributed by atoms with van der Waals surface area (Å²) in [4.78, 5) is 38.5. The molecule has 4 aromatic rings. The first kappa shape index (κ1) is 16.0. The molecule has 26 heavy (non-hydrogen) atoms. The molecule has 0 bridgehead atoms. The second kappa shape index (κ2) is 6.45. The zero-order valence-corrected chi connectivity index (χ0v) is 14.0. The minimum absolute atomic E-state index is 0.0765. The molecule has 0 atom stereocenters. The molecule has 8 heteroatoms. The van der Waals surface area contributed by atoms with Crippen LogP contribution in [-0.2, 0) is 0 Å². The van der Waals surface area contributed by atoms with E-state index >= 15 is 0 Å². The van der Waals surface area contributed by atoms with Gasteiger partial charge in [0, 0.05) is 22.5 Å². The van der Waals surface area contributed by atoms with Crippen molar-refractivity contribution in [3.05, 3.63) is 75.9 Å². The highest BCUT2D eigenvalue weighted by atomic mass is 35.5. The van der Waals surface area contributed by atoms with Crippen LogP contribution in [0.2, 0.25) is 5.02 Å². The van der Waals surface area contributed by atoms with Gasteiger partial charge in [-0.3, -0.25) is 9.59 Å². The lowest BCUT2D eigenvalue weighted by Crippen LogP contribution is -2.24. The first-order valence-corrected chi connectivity index (χ1v) is 8.08. The highest BCUT2D eigenvalue weighted by Crippen LogP contribution is 2.18. The third-order valence-electron chi connectivity index (χ3n) is 3.84. The summed E-state index contributed by atoms with van der Waals surface area (Å²) in [5.41, 5.74) is 2.22. The molecule has 0 fully saturated rings. The van der Waals surface area contributed by atoms with Crippen molar-refractivity contribution < 1.29 is 4.79 Å². The van der Waals surface area contributed by atoms with Gasteiger partial charge in [-0.15, -0.1) is 0 Å². The van der Waals surface area contributed by atoms with Crippen LogP contribution in [0, 0.1) is 0 Å². The van der Waals surface area contributed by atoms with Crippen molar-refractivity contribution in [2.45, 2.75) is 0 Å². The summed E-state index contributed by atoms with van der Waals surface area (Å²) in [7, 11) is 0. The van der Waals surface area contributed by atoms with E-state index in [1.807, 2.05) is 0 Å². The molecule has 2 aromatic heterocycles. The Morgan fingerprint density at radius 2 is 1.88 bits per heavy atom. The van der Waals surface area contributed by atoms with Crippen molar-refractivity contribution in [1.29, 1.82) is 0 Å². The van der Waals surface area contributed by atoms with Gasteiger partial charge in [0.25, 0.3) is 11.5 Å². The number of amides is 1. The van der Waals surface area contributed by atoms with E-state index in [1.165, 1.54) is 6.20 Å². The molecular formula is C18H12ClN5O2. The van der Waals surface area contributed by atoms with Crippen LogP contribution >= 0.6 is 11.6 Å². The van der Waals surface area contributed by atoms with Gasteiger partial charge < -0.3 is 15.3 Å². The lowest BCUT2D eigenvalue weighted by atomic mass is 10.2. The van der Waals surface area contributed by atoms with Crippen molar-refractivity contribution in [1.82, 2.24) is 19.9 Å². The maximum atomic E-state index is 12.4. The van der Waals surface area contributed by atoms with Gasteiger partial charge in [-0.05, 0) is 42.5 Å². The molecule has 0 aliphatic rings. The maximum Gasteiger partial charge on any atom is 0.264 e. The lowest BCUT2D eigenvalue weighted by molar-refractivity contribution is 0.102. The number of imidazole rings is 1. The van der Waals surface area contributed by atoms with E-state index in [4.69, 9.17) is 11.6 Å². The van der Waals surface area contributed by atoms with Crippen molar-refractivity contribution in [2.24, 2.45) is 0 Å². The Balaban J connectivity index is 1.59. The molecule has 0 radical (unpaired) electrons. The number of aromatic amines is 2. The van der Waals surface area contributed by atoms with E-state index in [2.05, 4.69) is 25.3 Å². The fourth-order valence-corrected chi connectivity index (χ4v) is 2.65. The van der Waals surface area contributed by atoms with Crippen LogP contribution in [0.15, 0.2) is 59.8 Å². The Hall–Kier alpha value is -3.45. The minimum atomic E-state index is -0.541. The molecule has 0 unspecified atom stereocenters. The summed E-state index contributed by atoms with van der Waals surface area (Å²) in [5, 5.41) is 3.27. The monoisotopic (exact) mass is 365 g/mol. The number of hydrogen-bond acceptors (Lipinski definition) is 4. The Labute approximate surface area is 152 Å². The van der Waals surface area contributed by atoms with Gasteiger partial charge in [-0.2, -0.15) is 0 Å². The Morgan fingerprint density at radius 3 is 2.65 bits per heavy atom. The molecule has 0 spiro atoms. The number of hydrogen-bond donors (Lipinski definition) is 3. The zero-order chi connectivity index (χ0) is 18.1. The van der Waals surface area contributed by atoms with Crippen molar-refractivity contribution in [3.63, 3.8) is 0 Å². The van der Waals surface area contributed by atoms with E-state index in [1.54, 1.807) is 48.8 Å². The van der Waals surface area contributed by atoms with Crippen LogP contribution in [0.3, 0.4) is 0 Å². The zero-order valence-electron chi connectivity index (χ0n) is 13.3. The first-order chi connectivity index (χ1) is 12.6. The molecule has 2 aromatic carbocycles. The number of carbonyl (C=O) groups is 1. The second-order valence-electron chi connectivity index (χ2n) is 5.57. The number of rotatable bonds is 3. The van der Waals surface area contributed by atoms with Crippen molar-refractivity contribution >= 4 is 34.2 Å². The highest BCUT2D eigenvalue weighted by Gasteiger charge is 2.13. The summed E-state index contributed by atoms with van der Waals surface area (Å²) < 4.78 is 0. The molecule has 128 valence electrons. The molecule has 0 saturated carbocycles. The molecule has 4 rings (SSSR count). The molecule has 7 nitrogen and oxygen atoms in total. The molecule has 2 heterocycles. The number of nitrogens with zero attached hydrogens (tertiary/aromatic N) is 2. The predicted octanol–water partition coefficient (Wildman–Crippen LogP) is 3.22. The minimum Gasteiger partial charge on any atom is -0.345 e. The quantitative estimate of drug-likeness (QED) is 0.518. The standard InChI is InChI=1S/C18H12ClN5O2/c19-11-3-1-10(2-4-11)16-20-8-13(18(26)24-16)17(25)23-12-5-6-14-15(7-12)22-9-21-14/h1-9H,(H,21,22)(H,23,25)(H,20,24,26). The first-order valence-electron chi connectivity index (χ1n) is 7.70. The number of nitrogens with one attached hydrogen (secondary N) is 3. The molecule has 0 aliphatic carbocycles. The number of carbonyl (C=O) groups excluding carboxylic acids is 1. The second-order valence-corrected chi connectivity index (χ2v) is 6.01. The fraction of sp³-hybridized carbons (Fsp3) is 0. The van der Waals surface area contributed by atoms with Gasteiger partial charge >= 0.3 is 0 Å². The molecule has 0 saturated heterocycles. The van der Waals surface area contributed by atoms with Gasteiger partial charge in [-0.25, -0.2) is 9.97 Å². The Kier molecular flexibility index (Phi) is 3.98. The van der Waals surface area contributed by atoms with E-state index < -0.39 is 11.5 Å². The molecule has 3 N–H and O–H groups in total. The van der Waals surface area contributed by atoms with Gasteiger partial charge in [0.1, 0.15) is 11.4 Å². The van der Waals surface area contributed by atoms with Gasteiger partial charge in [0.2, 0.25) is 0 Å². The highest BCUT2D eigenvalue weighted by molar-refractivity contribution is 6.30. The number of aromatic nitrogens is 4. The Morgan fingerprint density at radius 1 is 1.08 bits per heavy atom. The summed E-state index contributed by atoms with van der Waals surface area (Å²) >= 11 is 5.85. The van der Waals surface area contributed by atoms with E-state index in [-0.39, 0.29) is 5.56 Å². The van der Waals surface area contributed by atoms with E-state index in [0.29, 0.717) is 22.1 Å². The summed E-state index contributed by atoms with van der Waals surface area (Å²) in [6.07, 6.45) is 2.83. The molecule has 1 amide bonds. The van der Waals surface area contributed by atoms with E-state index in [0.717, 1.165) is 11.0 Å². The number of benzene rings is 2. The third kappa shape index (κ3) is 3.07. The van der Waals surface area contributed by atoms with Gasteiger partial charge in [0.15, 0.2) is 0 Å². The number of H-pyrrole nitrogens is 2. The number of anilines is 1. The normalized spacial score (nSPS) is 10.8. The van der Waals surface area contributed by atoms with Crippen LogP contribution in [-0.4, -0.2) is 25.8 Å². The predicted molar refractivity (Wildman–Crippen MR) is 99.4 cm³/mol. The largest absolute Gasteiger partial charge is 0.345 e. The van der Waals surface area contributed by atoms with Crippen LogP contribution in [0.4, 0.5) is 5.69 Å². The summed E-state index contributed by atoms with van der Waals surface area (Å²) in [5.74, 6) is -0.178. The third-order valence-corrected chi connectivity index (χ3v) is 4.09. The number of fused-ring (bicyclic) bond motifs is 1. The van der Waals surface area contributed by atoms with Crippen LogP contribution in [0.5, 0.6) is 0 Å². The van der Waals surface area contributed by atoms with Crippen molar-refractivity contribution in [3.8, 4) is 11.4 Å². The SMILES string of the molecule is O=C(Nc1ccc2nc[nH]c2c1)c1cnc(-c2ccc(Cl)cc2)[nH]c1=O. The smallest absolute Gasteiger partial charge is 0.264 e. The topological polar surface area (TPSA) is 104 Å². The van der Waals surface area contributed by atoms with Gasteiger partial charge in [-0.1, -0.05) is 11.6 Å². The van der Waals surface area contributed by atoms with Crippen molar-refractivity contribution in [2.75, 3.05) is 5.32 Å². The average molecular weight is 366 g/mol. The van der Waals surface area contributed by atoms with Crippen LogP contribution < -0.4 is 10.9 Å². The van der Waals surface area contributed by atoms with Crippen LogP contribution in [0.1, 0.15) is 10.4 Å². The maximum absolute atomic E-state index is 12.4.